The molecule has 3 nitrogen and oxygen atoms in total. The third-order valence-electron chi connectivity index (χ3n) is 5.04. The lowest BCUT2D eigenvalue weighted by Crippen LogP contribution is -2.41. The van der Waals surface area contributed by atoms with Crippen LogP contribution in [0.1, 0.15) is 50.7 Å². The van der Waals surface area contributed by atoms with Crippen molar-refractivity contribution in [3.63, 3.8) is 0 Å². The molecule has 0 heterocycles. The quantitative estimate of drug-likeness (QED) is 0.866. The van der Waals surface area contributed by atoms with Crippen LogP contribution in [0.2, 0.25) is 5.02 Å². The molecule has 3 unspecified atom stereocenters. The molecular weight excluding hydrogens is 286 g/mol. The van der Waals surface area contributed by atoms with Crippen LogP contribution in [0, 0.1) is 11.3 Å². The van der Waals surface area contributed by atoms with Gasteiger partial charge in [-0.1, -0.05) is 43.9 Å². The Morgan fingerprint density at radius 1 is 1.52 bits per heavy atom. The molecule has 0 spiro atoms. The van der Waals surface area contributed by atoms with Crippen molar-refractivity contribution in [3.05, 3.63) is 28.8 Å². The second-order valence-electron chi connectivity index (χ2n) is 6.23. The highest BCUT2D eigenvalue weighted by Gasteiger charge is 2.41. The number of ether oxygens (including phenoxy) is 1. The van der Waals surface area contributed by atoms with Gasteiger partial charge in [-0.3, -0.25) is 0 Å². The van der Waals surface area contributed by atoms with Gasteiger partial charge in [0.2, 0.25) is 0 Å². The topological polar surface area (TPSA) is 55.5 Å². The van der Waals surface area contributed by atoms with E-state index in [9.17, 15) is 5.11 Å². The second-order valence-corrected chi connectivity index (χ2v) is 6.64. The number of aliphatic hydroxyl groups excluding tert-OH is 1. The summed E-state index contributed by atoms with van der Waals surface area (Å²) in [5.74, 6) is 1.29. The Labute approximate surface area is 132 Å². The SMILES string of the molecule is CCC1CCCC(CN)(C(O)c2ccc(OC)c(Cl)c2)C1. The zero-order valence-electron chi connectivity index (χ0n) is 12.9. The van der Waals surface area contributed by atoms with Crippen LogP contribution in [-0.4, -0.2) is 18.8 Å². The maximum Gasteiger partial charge on any atom is 0.137 e. The molecule has 2 rings (SSSR count). The van der Waals surface area contributed by atoms with Gasteiger partial charge in [0.25, 0.3) is 0 Å². The molecule has 1 aliphatic carbocycles. The third-order valence-corrected chi connectivity index (χ3v) is 5.33. The average Bonchev–Trinajstić information content (AvgIpc) is 2.53. The fourth-order valence-corrected chi connectivity index (χ4v) is 3.89. The summed E-state index contributed by atoms with van der Waals surface area (Å²) in [6.07, 6.45) is 4.93. The van der Waals surface area contributed by atoms with Crippen molar-refractivity contribution in [2.75, 3.05) is 13.7 Å². The highest BCUT2D eigenvalue weighted by atomic mass is 35.5. The highest BCUT2D eigenvalue weighted by Crippen LogP contribution is 2.48. The van der Waals surface area contributed by atoms with Gasteiger partial charge in [0, 0.05) is 12.0 Å². The van der Waals surface area contributed by atoms with Gasteiger partial charge in [-0.05, 0) is 36.5 Å². The van der Waals surface area contributed by atoms with E-state index in [0.29, 0.717) is 23.2 Å². The molecule has 0 saturated heterocycles. The van der Waals surface area contributed by atoms with Crippen molar-refractivity contribution in [1.29, 1.82) is 0 Å². The molecule has 0 amide bonds. The minimum absolute atomic E-state index is 0.225. The maximum atomic E-state index is 10.9. The summed E-state index contributed by atoms with van der Waals surface area (Å²) in [6.45, 7) is 2.72. The van der Waals surface area contributed by atoms with Gasteiger partial charge >= 0.3 is 0 Å². The first-order valence-corrected chi connectivity index (χ1v) is 8.15. The first kappa shape index (κ1) is 16.6. The second kappa shape index (κ2) is 6.99. The van der Waals surface area contributed by atoms with E-state index in [1.807, 2.05) is 12.1 Å². The lowest BCUT2D eigenvalue weighted by molar-refractivity contribution is -0.0162. The van der Waals surface area contributed by atoms with Crippen LogP contribution < -0.4 is 10.5 Å². The molecule has 0 aliphatic heterocycles. The lowest BCUT2D eigenvalue weighted by atomic mass is 9.64. The zero-order valence-corrected chi connectivity index (χ0v) is 13.7. The molecule has 3 N–H and O–H groups in total. The molecule has 3 atom stereocenters. The van der Waals surface area contributed by atoms with Crippen LogP contribution in [0.25, 0.3) is 0 Å². The first-order valence-electron chi connectivity index (χ1n) is 7.78. The average molecular weight is 312 g/mol. The fraction of sp³-hybridized carbons (Fsp3) is 0.647. The van der Waals surface area contributed by atoms with Crippen molar-refractivity contribution < 1.29 is 9.84 Å². The van der Waals surface area contributed by atoms with Gasteiger partial charge in [0.15, 0.2) is 0 Å². The number of benzene rings is 1. The first-order chi connectivity index (χ1) is 10.1. The van der Waals surface area contributed by atoms with Crippen molar-refractivity contribution in [3.8, 4) is 5.75 Å². The van der Waals surface area contributed by atoms with Gasteiger partial charge in [0.1, 0.15) is 5.75 Å². The molecule has 4 heteroatoms. The monoisotopic (exact) mass is 311 g/mol. The van der Waals surface area contributed by atoms with Gasteiger partial charge in [-0.15, -0.1) is 0 Å². The van der Waals surface area contributed by atoms with Crippen LogP contribution in [0.15, 0.2) is 18.2 Å². The fourth-order valence-electron chi connectivity index (χ4n) is 3.62. The van der Waals surface area contributed by atoms with Gasteiger partial charge < -0.3 is 15.6 Å². The predicted octanol–water partition coefficient (Wildman–Crippen LogP) is 3.93. The summed E-state index contributed by atoms with van der Waals surface area (Å²) in [5, 5.41) is 11.4. The van der Waals surface area contributed by atoms with Gasteiger partial charge in [-0.25, -0.2) is 0 Å². The predicted molar refractivity (Wildman–Crippen MR) is 86.7 cm³/mol. The number of rotatable bonds is 5. The number of hydrogen-bond donors (Lipinski definition) is 2. The van der Waals surface area contributed by atoms with E-state index >= 15 is 0 Å². The van der Waals surface area contributed by atoms with E-state index in [-0.39, 0.29) is 5.41 Å². The Kier molecular flexibility index (Phi) is 5.53. The molecular formula is C17H26ClNO2. The van der Waals surface area contributed by atoms with Crippen molar-refractivity contribution in [1.82, 2.24) is 0 Å². The summed E-state index contributed by atoms with van der Waals surface area (Å²) in [6, 6.07) is 5.51. The van der Waals surface area contributed by atoms with E-state index in [4.69, 9.17) is 22.1 Å². The molecule has 1 saturated carbocycles. The molecule has 21 heavy (non-hydrogen) atoms. The van der Waals surface area contributed by atoms with Crippen LogP contribution in [-0.2, 0) is 0 Å². The van der Waals surface area contributed by atoms with Crippen LogP contribution in [0.5, 0.6) is 5.75 Å². The number of nitrogens with two attached hydrogens (primary N) is 1. The Hall–Kier alpha value is -0.770. The minimum atomic E-state index is -0.569. The smallest absolute Gasteiger partial charge is 0.137 e. The Morgan fingerprint density at radius 2 is 2.29 bits per heavy atom. The van der Waals surface area contributed by atoms with Crippen LogP contribution >= 0.6 is 11.6 Å². The molecule has 1 aliphatic rings. The van der Waals surface area contributed by atoms with Crippen molar-refractivity contribution in [2.45, 2.75) is 45.1 Å². The molecule has 1 aromatic rings. The van der Waals surface area contributed by atoms with E-state index < -0.39 is 6.10 Å². The Balaban J connectivity index is 2.27. The summed E-state index contributed by atoms with van der Waals surface area (Å²) in [5.41, 5.74) is 6.68. The van der Waals surface area contributed by atoms with Gasteiger partial charge in [-0.2, -0.15) is 0 Å². The largest absolute Gasteiger partial charge is 0.495 e. The van der Waals surface area contributed by atoms with Crippen LogP contribution in [0.3, 0.4) is 0 Å². The lowest BCUT2D eigenvalue weighted by Gasteiger charge is -2.43. The molecule has 0 aromatic heterocycles. The summed E-state index contributed by atoms with van der Waals surface area (Å²) < 4.78 is 5.17. The summed E-state index contributed by atoms with van der Waals surface area (Å²) >= 11 is 6.19. The van der Waals surface area contributed by atoms with E-state index in [2.05, 4.69) is 6.92 Å². The van der Waals surface area contributed by atoms with Crippen molar-refractivity contribution >= 4 is 11.6 Å². The number of hydrogen-bond acceptors (Lipinski definition) is 3. The number of aliphatic hydroxyl groups is 1. The van der Waals surface area contributed by atoms with E-state index in [0.717, 1.165) is 31.2 Å². The molecule has 0 bridgehead atoms. The molecule has 118 valence electrons. The molecule has 1 aromatic carbocycles. The third kappa shape index (κ3) is 3.36. The molecule has 0 radical (unpaired) electrons. The number of halogens is 1. The summed E-state index contributed by atoms with van der Waals surface area (Å²) in [7, 11) is 1.59. The van der Waals surface area contributed by atoms with Crippen molar-refractivity contribution in [2.24, 2.45) is 17.1 Å². The highest BCUT2D eigenvalue weighted by molar-refractivity contribution is 6.32. The molecule has 1 fully saturated rings. The number of methoxy groups -OCH3 is 1. The van der Waals surface area contributed by atoms with E-state index in [1.54, 1.807) is 13.2 Å². The van der Waals surface area contributed by atoms with Gasteiger partial charge in [0.05, 0.1) is 18.2 Å². The minimum Gasteiger partial charge on any atom is -0.495 e. The maximum absolute atomic E-state index is 10.9. The van der Waals surface area contributed by atoms with Crippen LogP contribution in [0.4, 0.5) is 0 Å². The standard InChI is InChI=1S/C17H26ClNO2/c1-3-12-5-4-8-17(10-12,11-19)16(20)13-6-7-15(21-2)14(18)9-13/h6-7,9,12,16,20H,3-5,8,10-11,19H2,1-2H3. The van der Waals surface area contributed by atoms with E-state index in [1.165, 1.54) is 6.42 Å². The zero-order chi connectivity index (χ0) is 15.5. The normalized spacial score (nSPS) is 27.4. The Morgan fingerprint density at radius 3 is 2.86 bits per heavy atom. The Bertz CT molecular complexity index is 480. The summed E-state index contributed by atoms with van der Waals surface area (Å²) in [4.78, 5) is 0.